The number of nitrogens with one attached hydrogen (secondary N) is 2. The van der Waals surface area contributed by atoms with Crippen molar-refractivity contribution in [1.29, 1.82) is 0 Å². The van der Waals surface area contributed by atoms with Crippen LogP contribution in [0.25, 0.3) is 0 Å². The van der Waals surface area contributed by atoms with Crippen molar-refractivity contribution in [3.05, 3.63) is 41.6 Å². The number of hydrogen-bond donors (Lipinski definition) is 4. The number of carbonyl (C=O) groups is 2. The Morgan fingerprint density at radius 1 is 1.18 bits per heavy atom. The summed E-state index contributed by atoms with van der Waals surface area (Å²) in [7, 11) is 0. The molecule has 1 aromatic carbocycles. The van der Waals surface area contributed by atoms with E-state index in [-0.39, 0.29) is 10.8 Å². The fraction of sp³-hybridized carbons (Fsp3) is 0.0833. The molecule has 6 N–H and O–H groups in total. The molecule has 0 fully saturated rings. The molecule has 0 aromatic heterocycles. The highest BCUT2D eigenvalue weighted by atomic mass is 32.1. The van der Waals surface area contributed by atoms with Gasteiger partial charge in [0.05, 0.1) is 5.56 Å². The minimum atomic E-state index is -4.49. The number of anilines is 1. The summed E-state index contributed by atoms with van der Waals surface area (Å²) in [6.45, 7) is 0. The fourth-order valence-corrected chi connectivity index (χ4v) is 1.52. The van der Waals surface area contributed by atoms with Crippen LogP contribution in [-0.2, 0) is 15.8 Å². The van der Waals surface area contributed by atoms with Gasteiger partial charge in [0.1, 0.15) is 5.57 Å². The first-order chi connectivity index (χ1) is 10.1. The Labute approximate surface area is 128 Å². The SMILES string of the molecule is NC(=O)C(=CNC(=S)Nc1cccc(C(F)(F)F)c1)C(N)=O. The third-order valence-corrected chi connectivity index (χ3v) is 2.55. The zero-order valence-corrected chi connectivity index (χ0v) is 11.7. The molecule has 0 aliphatic rings. The molecule has 0 aliphatic carbocycles. The van der Waals surface area contributed by atoms with Crippen LogP contribution in [0, 0.1) is 0 Å². The number of benzene rings is 1. The smallest absolute Gasteiger partial charge is 0.365 e. The van der Waals surface area contributed by atoms with Crippen molar-refractivity contribution in [3.63, 3.8) is 0 Å². The molecule has 0 saturated carbocycles. The van der Waals surface area contributed by atoms with E-state index in [0.717, 1.165) is 18.3 Å². The monoisotopic (exact) mass is 332 g/mol. The molecule has 0 radical (unpaired) electrons. The summed E-state index contributed by atoms with van der Waals surface area (Å²) in [5, 5.41) is 4.63. The minimum absolute atomic E-state index is 0.0698. The zero-order valence-electron chi connectivity index (χ0n) is 10.9. The third-order valence-electron chi connectivity index (χ3n) is 2.33. The van der Waals surface area contributed by atoms with Gasteiger partial charge in [-0.2, -0.15) is 13.2 Å². The maximum Gasteiger partial charge on any atom is 0.416 e. The molecule has 2 amide bonds. The topological polar surface area (TPSA) is 110 Å². The van der Waals surface area contributed by atoms with Crippen molar-refractivity contribution in [2.24, 2.45) is 11.5 Å². The van der Waals surface area contributed by atoms with Crippen molar-refractivity contribution in [2.75, 3.05) is 5.32 Å². The first-order valence-corrected chi connectivity index (χ1v) is 6.06. The van der Waals surface area contributed by atoms with Crippen molar-refractivity contribution >= 4 is 34.8 Å². The summed E-state index contributed by atoms with van der Waals surface area (Å²) in [5.74, 6) is -2.14. The van der Waals surface area contributed by atoms with E-state index < -0.39 is 29.1 Å². The normalized spacial score (nSPS) is 10.5. The molecule has 0 spiro atoms. The van der Waals surface area contributed by atoms with E-state index in [1.807, 2.05) is 0 Å². The molecule has 0 atom stereocenters. The van der Waals surface area contributed by atoms with Crippen LogP contribution < -0.4 is 22.1 Å². The van der Waals surface area contributed by atoms with Gasteiger partial charge >= 0.3 is 6.18 Å². The van der Waals surface area contributed by atoms with Gasteiger partial charge in [-0.3, -0.25) is 9.59 Å². The molecule has 0 aliphatic heterocycles. The first kappa shape index (κ1) is 17.4. The Balaban J connectivity index is 2.80. The lowest BCUT2D eigenvalue weighted by Gasteiger charge is -2.11. The molecule has 0 unspecified atom stereocenters. The zero-order chi connectivity index (χ0) is 16.9. The van der Waals surface area contributed by atoms with Crippen molar-refractivity contribution in [2.45, 2.75) is 6.18 Å². The Hall–Kier alpha value is -2.62. The van der Waals surface area contributed by atoms with E-state index in [2.05, 4.69) is 10.6 Å². The summed E-state index contributed by atoms with van der Waals surface area (Å²) in [6.07, 6.45) is -3.62. The number of halogens is 3. The molecule has 10 heteroatoms. The summed E-state index contributed by atoms with van der Waals surface area (Å²) in [5.41, 5.74) is 8.49. The molecular formula is C12H11F3N4O2S. The molecule has 1 rings (SSSR count). The van der Waals surface area contributed by atoms with Crippen molar-refractivity contribution in [1.82, 2.24) is 5.32 Å². The van der Waals surface area contributed by atoms with E-state index in [0.29, 0.717) is 0 Å². The van der Waals surface area contributed by atoms with Crippen molar-refractivity contribution in [3.8, 4) is 0 Å². The number of carbonyl (C=O) groups excluding carboxylic acids is 2. The summed E-state index contributed by atoms with van der Waals surface area (Å²) < 4.78 is 37.6. The number of alkyl halides is 3. The highest BCUT2D eigenvalue weighted by Crippen LogP contribution is 2.30. The maximum atomic E-state index is 12.5. The summed E-state index contributed by atoms with van der Waals surface area (Å²) in [4.78, 5) is 21.8. The van der Waals surface area contributed by atoms with Gasteiger partial charge in [-0.05, 0) is 30.4 Å². The van der Waals surface area contributed by atoms with Crippen LogP contribution in [0.1, 0.15) is 5.56 Å². The van der Waals surface area contributed by atoms with Gasteiger partial charge in [-0.1, -0.05) is 6.07 Å². The van der Waals surface area contributed by atoms with Crippen LogP contribution in [0.5, 0.6) is 0 Å². The minimum Gasteiger partial charge on any atom is -0.365 e. The van der Waals surface area contributed by atoms with Gasteiger partial charge in [0.2, 0.25) is 0 Å². The van der Waals surface area contributed by atoms with E-state index in [4.69, 9.17) is 23.7 Å². The van der Waals surface area contributed by atoms with Crippen molar-refractivity contribution < 1.29 is 22.8 Å². The number of thiocarbonyl (C=S) groups is 1. The Bertz CT molecular complexity index is 628. The van der Waals surface area contributed by atoms with E-state index in [9.17, 15) is 22.8 Å². The maximum absolute atomic E-state index is 12.5. The average Bonchev–Trinajstić information content (AvgIpc) is 2.37. The van der Waals surface area contributed by atoms with Crippen LogP contribution in [-0.4, -0.2) is 16.9 Å². The average molecular weight is 332 g/mol. The number of nitrogens with two attached hydrogens (primary N) is 2. The lowest BCUT2D eigenvalue weighted by molar-refractivity contribution is -0.137. The van der Waals surface area contributed by atoms with E-state index in [1.165, 1.54) is 12.1 Å². The molecular weight excluding hydrogens is 321 g/mol. The van der Waals surface area contributed by atoms with Crippen LogP contribution in [0.2, 0.25) is 0 Å². The molecule has 0 heterocycles. The van der Waals surface area contributed by atoms with Gasteiger partial charge in [-0.25, -0.2) is 0 Å². The Morgan fingerprint density at radius 3 is 2.27 bits per heavy atom. The molecule has 1 aromatic rings. The second-order valence-electron chi connectivity index (χ2n) is 3.96. The first-order valence-electron chi connectivity index (χ1n) is 5.66. The van der Waals surface area contributed by atoms with Crippen LogP contribution in [0.15, 0.2) is 36.0 Å². The number of primary amides is 2. The van der Waals surface area contributed by atoms with Gasteiger partial charge in [0, 0.05) is 11.9 Å². The molecule has 118 valence electrons. The molecule has 0 bridgehead atoms. The second kappa shape index (κ2) is 6.89. The van der Waals surface area contributed by atoms with Crippen LogP contribution in [0.3, 0.4) is 0 Å². The number of rotatable bonds is 4. The van der Waals surface area contributed by atoms with Gasteiger partial charge in [0.25, 0.3) is 11.8 Å². The summed E-state index contributed by atoms with van der Waals surface area (Å²) in [6, 6.07) is 4.30. The lowest BCUT2D eigenvalue weighted by atomic mass is 10.2. The third kappa shape index (κ3) is 5.05. The predicted octanol–water partition coefficient (Wildman–Crippen LogP) is 0.846. The van der Waals surface area contributed by atoms with Gasteiger partial charge in [0.15, 0.2) is 5.11 Å². The van der Waals surface area contributed by atoms with Gasteiger partial charge < -0.3 is 22.1 Å². The fourth-order valence-electron chi connectivity index (χ4n) is 1.34. The largest absolute Gasteiger partial charge is 0.416 e. The molecule has 0 saturated heterocycles. The Morgan fingerprint density at radius 2 is 1.77 bits per heavy atom. The standard InChI is InChI=1S/C12H11F3N4O2S/c13-12(14,15)6-2-1-3-7(4-6)19-11(22)18-5-8(9(16)20)10(17)21/h1-5H,(H2,16,20)(H2,17,21)(H2,18,19,22). The number of amides is 2. The molecule has 22 heavy (non-hydrogen) atoms. The predicted molar refractivity (Wildman–Crippen MR) is 77.3 cm³/mol. The lowest BCUT2D eigenvalue weighted by Crippen LogP contribution is -2.31. The van der Waals surface area contributed by atoms with Crippen LogP contribution in [0.4, 0.5) is 18.9 Å². The Kier molecular flexibility index (Phi) is 5.46. The van der Waals surface area contributed by atoms with E-state index in [1.54, 1.807) is 0 Å². The highest BCUT2D eigenvalue weighted by Gasteiger charge is 2.30. The van der Waals surface area contributed by atoms with Gasteiger partial charge in [-0.15, -0.1) is 0 Å². The number of hydrogen-bond acceptors (Lipinski definition) is 3. The highest BCUT2D eigenvalue weighted by molar-refractivity contribution is 7.80. The quantitative estimate of drug-likeness (QED) is 0.283. The summed E-state index contributed by atoms with van der Waals surface area (Å²) >= 11 is 4.81. The van der Waals surface area contributed by atoms with E-state index >= 15 is 0 Å². The van der Waals surface area contributed by atoms with Crippen LogP contribution >= 0.6 is 12.2 Å². The molecule has 6 nitrogen and oxygen atoms in total. The second-order valence-corrected chi connectivity index (χ2v) is 4.37.